The molecule has 7 heteroatoms. The summed E-state index contributed by atoms with van der Waals surface area (Å²) in [6.45, 7) is 0.754. The standard InChI is InChI=1S/C22H27N5O2/c23-20(28)15-10-8-14(9-11-15)17-13-25-22(24)26-19(17)18-7-3-4-12-27(18)21(29)16-5-1-2-6-16/h8-11,13,16,18H,1-7,12H2,(H2,23,28)(H2,24,25,26)/t18-/m1/s1. The van der Waals surface area contributed by atoms with E-state index in [1.165, 1.54) is 0 Å². The van der Waals surface area contributed by atoms with Crippen LogP contribution in [0, 0.1) is 5.92 Å². The number of nitrogen functional groups attached to an aromatic ring is 1. The van der Waals surface area contributed by atoms with Crippen LogP contribution in [0.2, 0.25) is 0 Å². The Kier molecular flexibility index (Phi) is 5.47. The third-order valence-electron chi connectivity index (χ3n) is 6.12. The normalized spacial score (nSPS) is 20.0. The molecule has 1 atom stereocenters. The van der Waals surface area contributed by atoms with E-state index in [2.05, 4.69) is 9.97 Å². The maximum absolute atomic E-state index is 13.2. The lowest BCUT2D eigenvalue weighted by molar-refractivity contribution is -0.139. The molecule has 4 rings (SSSR count). The summed E-state index contributed by atoms with van der Waals surface area (Å²) in [5.41, 5.74) is 14.2. The van der Waals surface area contributed by atoms with Crippen LogP contribution in [0.3, 0.4) is 0 Å². The molecular formula is C22H27N5O2. The lowest BCUT2D eigenvalue weighted by Gasteiger charge is -2.37. The molecule has 0 radical (unpaired) electrons. The molecular weight excluding hydrogens is 366 g/mol. The van der Waals surface area contributed by atoms with Gasteiger partial charge in [0.25, 0.3) is 0 Å². The quantitative estimate of drug-likeness (QED) is 0.828. The zero-order chi connectivity index (χ0) is 20.4. The number of piperidine rings is 1. The smallest absolute Gasteiger partial charge is 0.248 e. The molecule has 2 fully saturated rings. The predicted octanol–water partition coefficient (Wildman–Crippen LogP) is 3.07. The molecule has 1 saturated carbocycles. The Morgan fingerprint density at radius 1 is 1.00 bits per heavy atom. The molecule has 0 unspecified atom stereocenters. The largest absolute Gasteiger partial charge is 0.368 e. The number of aromatic nitrogens is 2. The molecule has 1 aromatic heterocycles. The number of primary amides is 1. The fourth-order valence-electron chi connectivity index (χ4n) is 4.59. The molecule has 1 aliphatic heterocycles. The second-order valence-corrected chi connectivity index (χ2v) is 7.99. The van der Waals surface area contributed by atoms with Crippen molar-refractivity contribution in [1.82, 2.24) is 14.9 Å². The van der Waals surface area contributed by atoms with Crippen LogP contribution in [0.5, 0.6) is 0 Å². The van der Waals surface area contributed by atoms with Crippen molar-refractivity contribution in [2.24, 2.45) is 11.7 Å². The Morgan fingerprint density at radius 2 is 1.69 bits per heavy atom. The summed E-state index contributed by atoms with van der Waals surface area (Å²) in [5, 5.41) is 0. The zero-order valence-corrected chi connectivity index (χ0v) is 16.5. The maximum atomic E-state index is 13.2. The van der Waals surface area contributed by atoms with Crippen LogP contribution in [0.1, 0.15) is 67.0 Å². The van der Waals surface area contributed by atoms with E-state index in [0.717, 1.165) is 68.3 Å². The SMILES string of the molecule is NC(=O)c1ccc(-c2cnc(N)nc2[C@H]2CCCCN2C(=O)C2CCCC2)cc1. The summed E-state index contributed by atoms with van der Waals surface area (Å²) in [6.07, 6.45) is 8.86. The maximum Gasteiger partial charge on any atom is 0.248 e. The summed E-state index contributed by atoms with van der Waals surface area (Å²) in [6, 6.07) is 6.96. The van der Waals surface area contributed by atoms with Gasteiger partial charge in [-0.2, -0.15) is 0 Å². The molecule has 0 spiro atoms. The summed E-state index contributed by atoms with van der Waals surface area (Å²) in [5.74, 6) is 0.120. The van der Waals surface area contributed by atoms with Gasteiger partial charge in [-0.3, -0.25) is 9.59 Å². The number of nitrogens with zero attached hydrogens (tertiary/aromatic N) is 3. The van der Waals surface area contributed by atoms with Crippen LogP contribution in [0.15, 0.2) is 30.5 Å². The third-order valence-corrected chi connectivity index (χ3v) is 6.12. The summed E-state index contributed by atoms with van der Waals surface area (Å²) < 4.78 is 0. The van der Waals surface area contributed by atoms with Gasteiger partial charge in [-0.1, -0.05) is 25.0 Å². The fourth-order valence-corrected chi connectivity index (χ4v) is 4.59. The summed E-state index contributed by atoms with van der Waals surface area (Å²) in [7, 11) is 0. The molecule has 1 aliphatic carbocycles. The molecule has 2 heterocycles. The Balaban J connectivity index is 1.71. The van der Waals surface area contributed by atoms with Crippen molar-refractivity contribution in [2.45, 2.75) is 51.0 Å². The first-order valence-electron chi connectivity index (χ1n) is 10.4. The van der Waals surface area contributed by atoms with Gasteiger partial charge in [0.05, 0.1) is 11.7 Å². The highest BCUT2D eigenvalue weighted by molar-refractivity contribution is 5.93. The summed E-state index contributed by atoms with van der Waals surface area (Å²) in [4.78, 5) is 35.4. The van der Waals surface area contributed by atoms with Gasteiger partial charge in [0.2, 0.25) is 17.8 Å². The van der Waals surface area contributed by atoms with Crippen molar-refractivity contribution in [3.05, 3.63) is 41.7 Å². The van der Waals surface area contributed by atoms with Crippen LogP contribution in [-0.4, -0.2) is 33.2 Å². The van der Waals surface area contributed by atoms with E-state index in [0.29, 0.717) is 5.56 Å². The molecule has 7 nitrogen and oxygen atoms in total. The highest BCUT2D eigenvalue weighted by Crippen LogP contribution is 2.38. The number of nitrogens with two attached hydrogens (primary N) is 2. The van der Waals surface area contributed by atoms with Crippen molar-refractivity contribution in [3.8, 4) is 11.1 Å². The minimum absolute atomic E-state index is 0.104. The van der Waals surface area contributed by atoms with E-state index in [1.54, 1.807) is 18.3 Å². The molecule has 2 aromatic rings. The molecule has 4 N–H and O–H groups in total. The molecule has 2 aliphatic rings. The van der Waals surface area contributed by atoms with Gasteiger partial charge in [-0.05, 0) is 49.8 Å². The second kappa shape index (κ2) is 8.19. The second-order valence-electron chi connectivity index (χ2n) is 7.99. The van der Waals surface area contributed by atoms with Crippen LogP contribution in [0.25, 0.3) is 11.1 Å². The number of hydrogen-bond donors (Lipinski definition) is 2. The Morgan fingerprint density at radius 3 is 2.38 bits per heavy atom. The number of hydrogen-bond acceptors (Lipinski definition) is 5. The molecule has 0 bridgehead atoms. The van der Waals surface area contributed by atoms with Crippen LogP contribution in [0.4, 0.5) is 5.95 Å². The first-order valence-corrected chi connectivity index (χ1v) is 10.4. The van der Waals surface area contributed by atoms with E-state index >= 15 is 0 Å². The fraction of sp³-hybridized carbons (Fsp3) is 0.455. The third kappa shape index (κ3) is 3.95. The van der Waals surface area contributed by atoms with E-state index < -0.39 is 5.91 Å². The summed E-state index contributed by atoms with van der Waals surface area (Å²) >= 11 is 0. The van der Waals surface area contributed by atoms with Gasteiger partial charge in [-0.25, -0.2) is 9.97 Å². The van der Waals surface area contributed by atoms with Crippen molar-refractivity contribution in [1.29, 1.82) is 0 Å². The highest BCUT2D eigenvalue weighted by Gasteiger charge is 2.35. The Bertz CT molecular complexity index is 906. The Hall–Kier alpha value is -2.96. The van der Waals surface area contributed by atoms with Gasteiger partial charge in [0.1, 0.15) is 0 Å². The zero-order valence-electron chi connectivity index (χ0n) is 16.5. The molecule has 2 amide bonds. The van der Waals surface area contributed by atoms with Gasteiger partial charge < -0.3 is 16.4 Å². The van der Waals surface area contributed by atoms with E-state index in [1.807, 2.05) is 17.0 Å². The number of likely N-dealkylation sites (tertiary alicyclic amines) is 1. The highest BCUT2D eigenvalue weighted by atomic mass is 16.2. The Labute approximate surface area is 170 Å². The topological polar surface area (TPSA) is 115 Å². The molecule has 29 heavy (non-hydrogen) atoms. The molecule has 152 valence electrons. The van der Waals surface area contributed by atoms with Crippen LogP contribution >= 0.6 is 0 Å². The number of carbonyl (C=O) groups is 2. The first-order chi connectivity index (χ1) is 14.0. The van der Waals surface area contributed by atoms with Crippen LogP contribution < -0.4 is 11.5 Å². The van der Waals surface area contributed by atoms with E-state index in [4.69, 9.17) is 11.5 Å². The number of rotatable bonds is 4. The number of benzene rings is 1. The molecule has 1 saturated heterocycles. The number of amides is 2. The van der Waals surface area contributed by atoms with Crippen molar-refractivity contribution < 1.29 is 9.59 Å². The van der Waals surface area contributed by atoms with Gasteiger partial charge >= 0.3 is 0 Å². The van der Waals surface area contributed by atoms with Crippen molar-refractivity contribution in [2.75, 3.05) is 12.3 Å². The average molecular weight is 393 g/mol. The molecule has 1 aromatic carbocycles. The first kappa shape index (κ1) is 19.4. The minimum atomic E-state index is -0.467. The van der Waals surface area contributed by atoms with E-state index in [9.17, 15) is 9.59 Å². The van der Waals surface area contributed by atoms with Gasteiger partial charge in [-0.15, -0.1) is 0 Å². The van der Waals surface area contributed by atoms with Crippen molar-refractivity contribution >= 4 is 17.8 Å². The number of anilines is 1. The van der Waals surface area contributed by atoms with Crippen LogP contribution in [-0.2, 0) is 4.79 Å². The minimum Gasteiger partial charge on any atom is -0.368 e. The van der Waals surface area contributed by atoms with Gasteiger partial charge in [0.15, 0.2) is 0 Å². The van der Waals surface area contributed by atoms with Gasteiger partial charge in [0, 0.05) is 29.8 Å². The monoisotopic (exact) mass is 393 g/mol. The lowest BCUT2D eigenvalue weighted by Crippen LogP contribution is -2.42. The van der Waals surface area contributed by atoms with E-state index in [-0.39, 0.29) is 23.8 Å². The average Bonchev–Trinajstić information content (AvgIpc) is 3.28. The van der Waals surface area contributed by atoms with Crippen molar-refractivity contribution in [3.63, 3.8) is 0 Å². The number of carbonyl (C=O) groups excluding carboxylic acids is 2. The predicted molar refractivity (Wildman–Crippen MR) is 111 cm³/mol. The lowest BCUT2D eigenvalue weighted by atomic mass is 9.92.